The molecule has 0 saturated heterocycles. The molecule has 2 fully saturated rings. The number of aryl methyl sites for hydroxylation is 1. The van der Waals surface area contributed by atoms with Crippen molar-refractivity contribution < 1.29 is 4.39 Å². The van der Waals surface area contributed by atoms with Gasteiger partial charge in [0.15, 0.2) is 0 Å². The summed E-state index contributed by atoms with van der Waals surface area (Å²) >= 11 is 0. The lowest BCUT2D eigenvalue weighted by Crippen LogP contribution is -2.30. The quantitative estimate of drug-likeness (QED) is 0.299. The maximum atomic E-state index is 14.2. The SMILES string of the molecule is C=CCCc1ccc(C#Cc2ccc(C3CCC4CC(CCC=C)CCC4C3)cc2)cc1F. The van der Waals surface area contributed by atoms with E-state index in [-0.39, 0.29) is 5.82 Å². The van der Waals surface area contributed by atoms with Gasteiger partial charge < -0.3 is 0 Å². The van der Waals surface area contributed by atoms with Gasteiger partial charge in [-0.1, -0.05) is 48.6 Å². The molecule has 2 aromatic rings. The molecular weight excluding hydrogens is 403 g/mol. The van der Waals surface area contributed by atoms with E-state index >= 15 is 0 Å². The Bertz CT molecular complexity index is 1000. The summed E-state index contributed by atoms with van der Waals surface area (Å²) < 4.78 is 14.2. The van der Waals surface area contributed by atoms with Gasteiger partial charge in [0.2, 0.25) is 0 Å². The molecule has 0 spiro atoms. The first kappa shape index (κ1) is 23.6. The van der Waals surface area contributed by atoms with Gasteiger partial charge in [-0.3, -0.25) is 0 Å². The van der Waals surface area contributed by atoms with Crippen LogP contribution < -0.4 is 0 Å². The average molecular weight is 441 g/mol. The molecule has 0 aromatic heterocycles. The largest absolute Gasteiger partial charge is 0.207 e. The molecule has 0 radical (unpaired) electrons. The molecule has 0 aliphatic heterocycles. The molecule has 4 unspecified atom stereocenters. The lowest BCUT2D eigenvalue weighted by molar-refractivity contribution is 0.115. The highest BCUT2D eigenvalue weighted by Crippen LogP contribution is 2.48. The van der Waals surface area contributed by atoms with E-state index in [0.717, 1.165) is 40.9 Å². The van der Waals surface area contributed by atoms with Crippen LogP contribution in [0.25, 0.3) is 0 Å². The van der Waals surface area contributed by atoms with Crippen LogP contribution >= 0.6 is 0 Å². The van der Waals surface area contributed by atoms with E-state index in [1.165, 1.54) is 56.9 Å². The van der Waals surface area contributed by atoms with Crippen LogP contribution in [0.4, 0.5) is 4.39 Å². The van der Waals surface area contributed by atoms with Crippen molar-refractivity contribution in [2.24, 2.45) is 17.8 Å². The number of allylic oxidation sites excluding steroid dienone is 2. The molecule has 2 aliphatic carbocycles. The molecule has 0 bridgehead atoms. The number of hydrogen-bond acceptors (Lipinski definition) is 0. The predicted molar refractivity (Wildman–Crippen MR) is 138 cm³/mol. The monoisotopic (exact) mass is 440 g/mol. The minimum absolute atomic E-state index is 0.177. The van der Waals surface area contributed by atoms with Crippen molar-refractivity contribution in [3.05, 3.63) is 95.8 Å². The Morgan fingerprint density at radius 1 is 0.818 bits per heavy atom. The fourth-order valence-corrected chi connectivity index (χ4v) is 5.97. The van der Waals surface area contributed by atoms with Crippen LogP contribution in [0.15, 0.2) is 67.8 Å². The summed E-state index contributed by atoms with van der Waals surface area (Å²) in [6.45, 7) is 7.60. The smallest absolute Gasteiger partial charge is 0.127 e. The minimum atomic E-state index is -0.177. The zero-order valence-corrected chi connectivity index (χ0v) is 19.9. The van der Waals surface area contributed by atoms with Crippen molar-refractivity contribution in [1.82, 2.24) is 0 Å². The third kappa shape index (κ3) is 6.26. The first-order chi connectivity index (χ1) is 16.2. The van der Waals surface area contributed by atoms with E-state index < -0.39 is 0 Å². The van der Waals surface area contributed by atoms with Gasteiger partial charge in [0, 0.05) is 11.1 Å². The van der Waals surface area contributed by atoms with Gasteiger partial charge in [-0.2, -0.15) is 0 Å². The maximum absolute atomic E-state index is 14.2. The normalized spacial score (nSPS) is 24.3. The summed E-state index contributed by atoms with van der Waals surface area (Å²) in [6.07, 6.45) is 16.2. The first-order valence-corrected chi connectivity index (χ1v) is 12.8. The highest BCUT2D eigenvalue weighted by Gasteiger charge is 2.35. The molecule has 0 heterocycles. The highest BCUT2D eigenvalue weighted by atomic mass is 19.1. The van der Waals surface area contributed by atoms with E-state index in [0.29, 0.717) is 12.3 Å². The van der Waals surface area contributed by atoms with Gasteiger partial charge in [-0.05, 0) is 117 Å². The Kier molecular flexibility index (Phi) is 8.22. The summed E-state index contributed by atoms with van der Waals surface area (Å²) in [5.74, 6) is 9.62. The minimum Gasteiger partial charge on any atom is -0.207 e. The number of fused-ring (bicyclic) bond motifs is 1. The summed E-state index contributed by atoms with van der Waals surface area (Å²) in [6, 6.07) is 14.1. The molecule has 4 rings (SSSR count). The van der Waals surface area contributed by atoms with Crippen molar-refractivity contribution in [3.63, 3.8) is 0 Å². The number of benzene rings is 2. The van der Waals surface area contributed by atoms with Gasteiger partial charge in [-0.15, -0.1) is 13.2 Å². The Morgan fingerprint density at radius 3 is 2.27 bits per heavy atom. The average Bonchev–Trinajstić information content (AvgIpc) is 2.85. The Hall–Kier alpha value is -2.59. The van der Waals surface area contributed by atoms with Crippen LogP contribution in [0.5, 0.6) is 0 Å². The predicted octanol–water partition coefficient (Wildman–Crippen LogP) is 8.61. The molecule has 2 aliphatic rings. The molecule has 4 atom stereocenters. The molecule has 1 heteroatoms. The van der Waals surface area contributed by atoms with Crippen molar-refractivity contribution in [2.75, 3.05) is 0 Å². The summed E-state index contributed by atoms with van der Waals surface area (Å²) in [7, 11) is 0. The third-order valence-electron chi connectivity index (χ3n) is 7.90. The lowest BCUT2D eigenvalue weighted by Gasteiger charge is -2.42. The first-order valence-electron chi connectivity index (χ1n) is 12.8. The number of hydrogen-bond donors (Lipinski definition) is 0. The van der Waals surface area contributed by atoms with E-state index in [2.05, 4.69) is 55.3 Å². The van der Waals surface area contributed by atoms with Gasteiger partial charge in [0.05, 0.1) is 0 Å². The third-order valence-corrected chi connectivity index (χ3v) is 7.90. The van der Waals surface area contributed by atoms with Crippen LogP contribution in [0, 0.1) is 35.4 Å². The highest BCUT2D eigenvalue weighted by molar-refractivity contribution is 5.44. The van der Waals surface area contributed by atoms with Crippen LogP contribution in [0.1, 0.15) is 86.0 Å². The summed E-state index contributed by atoms with van der Waals surface area (Å²) in [5.41, 5.74) is 3.91. The number of halogens is 1. The molecule has 0 N–H and O–H groups in total. The van der Waals surface area contributed by atoms with Crippen LogP contribution in [0.3, 0.4) is 0 Å². The summed E-state index contributed by atoms with van der Waals surface area (Å²) in [5, 5.41) is 0. The maximum Gasteiger partial charge on any atom is 0.127 e. The van der Waals surface area contributed by atoms with Crippen molar-refractivity contribution in [3.8, 4) is 11.8 Å². The molecule has 172 valence electrons. The zero-order chi connectivity index (χ0) is 23.0. The molecular formula is C32H37F. The van der Waals surface area contributed by atoms with E-state index in [1.54, 1.807) is 6.07 Å². The summed E-state index contributed by atoms with van der Waals surface area (Å²) in [4.78, 5) is 0. The van der Waals surface area contributed by atoms with Gasteiger partial charge in [0.1, 0.15) is 5.82 Å². The Balaban J connectivity index is 1.34. The van der Waals surface area contributed by atoms with E-state index in [1.807, 2.05) is 18.2 Å². The molecule has 2 aromatic carbocycles. The van der Waals surface area contributed by atoms with Crippen molar-refractivity contribution in [2.45, 2.75) is 70.1 Å². The van der Waals surface area contributed by atoms with Crippen LogP contribution in [-0.2, 0) is 6.42 Å². The van der Waals surface area contributed by atoms with E-state index in [9.17, 15) is 4.39 Å². The van der Waals surface area contributed by atoms with Crippen molar-refractivity contribution >= 4 is 0 Å². The Morgan fingerprint density at radius 2 is 1.52 bits per heavy atom. The molecule has 2 saturated carbocycles. The van der Waals surface area contributed by atoms with Crippen molar-refractivity contribution in [1.29, 1.82) is 0 Å². The second kappa shape index (κ2) is 11.5. The zero-order valence-electron chi connectivity index (χ0n) is 19.9. The van der Waals surface area contributed by atoms with Gasteiger partial charge in [0.25, 0.3) is 0 Å². The molecule has 33 heavy (non-hydrogen) atoms. The topological polar surface area (TPSA) is 0 Å². The number of rotatable bonds is 7. The van der Waals surface area contributed by atoms with Gasteiger partial charge in [-0.25, -0.2) is 4.39 Å². The molecule has 0 amide bonds. The standard InChI is InChI=1S/C32H37F/c1-3-5-7-25-14-18-31-23-30(20-19-29(31)21-25)27-15-11-24(12-16-27)9-10-26-13-17-28(8-6-4-2)32(33)22-26/h3-4,11-13,15-17,22,25,29-31H,1-2,5-8,14,18-21,23H2. The van der Waals surface area contributed by atoms with Crippen LogP contribution in [-0.4, -0.2) is 0 Å². The second-order valence-electron chi connectivity index (χ2n) is 10.1. The lowest BCUT2D eigenvalue weighted by atomic mass is 9.63. The van der Waals surface area contributed by atoms with Crippen LogP contribution in [0.2, 0.25) is 0 Å². The van der Waals surface area contributed by atoms with E-state index in [4.69, 9.17) is 0 Å². The second-order valence-corrected chi connectivity index (χ2v) is 10.1. The fraction of sp³-hybridized carbons (Fsp3) is 0.438. The Labute approximate surface area is 200 Å². The fourth-order valence-electron chi connectivity index (χ4n) is 5.97. The molecule has 0 nitrogen and oxygen atoms in total. The van der Waals surface area contributed by atoms with Gasteiger partial charge >= 0.3 is 0 Å².